The minimum atomic E-state index is 0.101. The number of hydrogen-bond acceptors (Lipinski definition) is 6. The Bertz CT molecular complexity index is 723. The molecule has 1 saturated heterocycles. The molecule has 7 heteroatoms. The molecular weight excluding hydrogens is 324 g/mol. The third-order valence-electron chi connectivity index (χ3n) is 4.31. The largest absolute Gasteiger partial charge is 0.508 e. The fourth-order valence-electron chi connectivity index (χ4n) is 2.72. The van der Waals surface area contributed by atoms with Gasteiger partial charge in [0.2, 0.25) is 11.0 Å². The fourth-order valence-corrected chi connectivity index (χ4v) is 3.52. The van der Waals surface area contributed by atoms with Crippen LogP contribution in [0.5, 0.6) is 5.75 Å². The molecule has 1 amide bonds. The van der Waals surface area contributed by atoms with Crippen LogP contribution in [0.2, 0.25) is 0 Å². The summed E-state index contributed by atoms with van der Waals surface area (Å²) in [7, 11) is 0. The van der Waals surface area contributed by atoms with Crippen LogP contribution in [-0.2, 0) is 17.6 Å². The van der Waals surface area contributed by atoms with E-state index in [1.54, 1.807) is 6.07 Å². The molecule has 1 aromatic heterocycles. The van der Waals surface area contributed by atoms with Crippen molar-refractivity contribution in [2.24, 2.45) is 0 Å². The summed E-state index contributed by atoms with van der Waals surface area (Å²) in [6.45, 7) is 6.84. The maximum atomic E-state index is 12.5. The highest BCUT2D eigenvalue weighted by atomic mass is 32.1. The quantitative estimate of drug-likeness (QED) is 0.917. The lowest BCUT2D eigenvalue weighted by Gasteiger charge is -2.34. The van der Waals surface area contributed by atoms with Crippen LogP contribution in [0.3, 0.4) is 0 Å². The van der Waals surface area contributed by atoms with Crippen molar-refractivity contribution in [1.82, 2.24) is 14.3 Å². The molecule has 24 heavy (non-hydrogen) atoms. The normalized spacial score (nSPS) is 14.9. The highest BCUT2D eigenvalue weighted by Crippen LogP contribution is 2.21. The minimum Gasteiger partial charge on any atom is -0.508 e. The lowest BCUT2D eigenvalue weighted by molar-refractivity contribution is -0.130. The Morgan fingerprint density at radius 3 is 2.67 bits per heavy atom. The molecule has 0 aliphatic carbocycles. The molecule has 0 unspecified atom stereocenters. The predicted molar refractivity (Wildman–Crippen MR) is 94.6 cm³/mol. The highest BCUT2D eigenvalue weighted by molar-refractivity contribution is 7.09. The zero-order valence-corrected chi connectivity index (χ0v) is 14.8. The van der Waals surface area contributed by atoms with E-state index in [0.717, 1.165) is 41.6 Å². The summed E-state index contributed by atoms with van der Waals surface area (Å²) >= 11 is 1.43. The van der Waals surface area contributed by atoms with Crippen LogP contribution in [0.4, 0.5) is 5.13 Å². The van der Waals surface area contributed by atoms with Crippen LogP contribution in [0.1, 0.15) is 23.9 Å². The van der Waals surface area contributed by atoms with Gasteiger partial charge in [-0.2, -0.15) is 4.37 Å². The van der Waals surface area contributed by atoms with E-state index in [1.165, 1.54) is 11.5 Å². The first-order valence-electron chi connectivity index (χ1n) is 8.20. The van der Waals surface area contributed by atoms with Crippen LogP contribution in [-0.4, -0.2) is 51.5 Å². The van der Waals surface area contributed by atoms with Gasteiger partial charge in [0.25, 0.3) is 0 Å². The van der Waals surface area contributed by atoms with Crippen LogP contribution in [0, 0.1) is 6.92 Å². The highest BCUT2D eigenvalue weighted by Gasteiger charge is 2.23. The molecule has 1 N–H and O–H groups in total. The molecule has 1 fully saturated rings. The summed E-state index contributed by atoms with van der Waals surface area (Å²) in [6, 6.07) is 5.42. The molecule has 0 spiro atoms. The zero-order chi connectivity index (χ0) is 17.1. The summed E-state index contributed by atoms with van der Waals surface area (Å²) in [4.78, 5) is 21.0. The number of benzene rings is 1. The molecule has 1 aliphatic heterocycles. The van der Waals surface area contributed by atoms with Crippen molar-refractivity contribution >= 4 is 22.6 Å². The van der Waals surface area contributed by atoms with Gasteiger partial charge in [-0.05, 0) is 24.1 Å². The van der Waals surface area contributed by atoms with E-state index in [-0.39, 0.29) is 11.7 Å². The number of aromatic hydroxyl groups is 1. The van der Waals surface area contributed by atoms with E-state index in [4.69, 9.17) is 0 Å². The van der Waals surface area contributed by atoms with Gasteiger partial charge >= 0.3 is 0 Å². The third kappa shape index (κ3) is 3.67. The van der Waals surface area contributed by atoms with Gasteiger partial charge in [-0.25, -0.2) is 4.98 Å². The van der Waals surface area contributed by atoms with Crippen molar-refractivity contribution in [3.05, 3.63) is 35.2 Å². The SMILES string of the molecule is CCc1nsc(N2CCN(C(=O)Cc3ccc(C)c(O)c3)CC2)n1. The second kappa shape index (κ2) is 7.17. The lowest BCUT2D eigenvalue weighted by atomic mass is 10.1. The Kier molecular flexibility index (Phi) is 4.99. The summed E-state index contributed by atoms with van der Waals surface area (Å²) in [6.07, 6.45) is 1.17. The third-order valence-corrected chi connectivity index (χ3v) is 5.12. The van der Waals surface area contributed by atoms with Crippen molar-refractivity contribution < 1.29 is 9.90 Å². The fraction of sp³-hybridized carbons (Fsp3) is 0.471. The molecule has 128 valence electrons. The number of aryl methyl sites for hydroxylation is 2. The molecule has 3 rings (SSSR count). The first kappa shape index (κ1) is 16.7. The van der Waals surface area contributed by atoms with Crippen LogP contribution in [0.25, 0.3) is 0 Å². The Labute approximate surface area is 145 Å². The number of rotatable bonds is 4. The lowest BCUT2D eigenvalue weighted by Crippen LogP contribution is -2.49. The Hall–Kier alpha value is -2.15. The van der Waals surface area contributed by atoms with Crippen LogP contribution >= 0.6 is 11.5 Å². The summed E-state index contributed by atoms with van der Waals surface area (Å²) in [5.41, 5.74) is 1.67. The van der Waals surface area contributed by atoms with Crippen molar-refractivity contribution in [2.45, 2.75) is 26.7 Å². The van der Waals surface area contributed by atoms with E-state index >= 15 is 0 Å². The molecule has 6 nitrogen and oxygen atoms in total. The average molecular weight is 346 g/mol. The number of aromatic nitrogens is 2. The van der Waals surface area contributed by atoms with Gasteiger partial charge in [-0.15, -0.1) is 0 Å². The van der Waals surface area contributed by atoms with Gasteiger partial charge in [-0.1, -0.05) is 19.1 Å². The summed E-state index contributed by atoms with van der Waals surface area (Å²) < 4.78 is 4.32. The van der Waals surface area contributed by atoms with Gasteiger partial charge in [0.05, 0.1) is 6.42 Å². The maximum Gasteiger partial charge on any atom is 0.227 e. The van der Waals surface area contributed by atoms with Crippen molar-refractivity contribution in [1.29, 1.82) is 0 Å². The molecule has 0 saturated carbocycles. The van der Waals surface area contributed by atoms with Crippen LogP contribution in [0.15, 0.2) is 18.2 Å². The van der Waals surface area contributed by atoms with Gasteiger partial charge < -0.3 is 14.9 Å². The average Bonchev–Trinajstić information content (AvgIpc) is 3.07. The van der Waals surface area contributed by atoms with E-state index in [2.05, 4.69) is 14.3 Å². The standard InChI is InChI=1S/C17H22N4O2S/c1-3-15-18-17(24-19-15)21-8-6-20(7-9-21)16(23)11-13-5-4-12(2)14(22)10-13/h4-5,10,22H,3,6-9,11H2,1-2H3. The molecule has 0 atom stereocenters. The second-order valence-corrected chi connectivity index (χ2v) is 6.74. The van der Waals surface area contributed by atoms with Crippen molar-refractivity contribution in [3.63, 3.8) is 0 Å². The minimum absolute atomic E-state index is 0.101. The number of anilines is 1. The molecular formula is C17H22N4O2S. The zero-order valence-electron chi connectivity index (χ0n) is 14.0. The number of carbonyl (C=O) groups is 1. The number of carbonyl (C=O) groups excluding carboxylic acids is 1. The first-order valence-corrected chi connectivity index (χ1v) is 8.98. The molecule has 0 radical (unpaired) electrons. The topological polar surface area (TPSA) is 69.6 Å². The Morgan fingerprint density at radius 1 is 1.29 bits per heavy atom. The predicted octanol–water partition coefficient (Wildman–Crippen LogP) is 2.01. The molecule has 2 heterocycles. The van der Waals surface area contributed by atoms with Crippen LogP contribution < -0.4 is 4.90 Å². The number of amides is 1. The molecule has 1 aliphatic rings. The van der Waals surface area contributed by atoms with E-state index in [9.17, 15) is 9.90 Å². The van der Waals surface area contributed by atoms with E-state index in [1.807, 2.05) is 30.9 Å². The number of phenols is 1. The van der Waals surface area contributed by atoms with E-state index < -0.39 is 0 Å². The van der Waals surface area contributed by atoms with Crippen molar-refractivity contribution in [2.75, 3.05) is 31.1 Å². The first-order chi connectivity index (χ1) is 11.6. The molecule has 0 bridgehead atoms. The Balaban J connectivity index is 1.55. The number of nitrogens with zero attached hydrogens (tertiary/aromatic N) is 4. The van der Waals surface area contributed by atoms with Gasteiger partial charge in [0, 0.05) is 44.1 Å². The summed E-state index contributed by atoms with van der Waals surface area (Å²) in [5, 5.41) is 10.7. The van der Waals surface area contributed by atoms with Crippen molar-refractivity contribution in [3.8, 4) is 5.75 Å². The summed E-state index contributed by atoms with van der Waals surface area (Å²) in [5.74, 6) is 1.23. The second-order valence-electron chi connectivity index (χ2n) is 6.01. The van der Waals surface area contributed by atoms with E-state index in [0.29, 0.717) is 19.5 Å². The number of hydrogen-bond donors (Lipinski definition) is 1. The van der Waals surface area contributed by atoms with Gasteiger partial charge in [-0.3, -0.25) is 4.79 Å². The number of piperazine rings is 1. The maximum absolute atomic E-state index is 12.5. The molecule has 1 aromatic carbocycles. The smallest absolute Gasteiger partial charge is 0.227 e. The molecule has 2 aromatic rings. The van der Waals surface area contributed by atoms with Gasteiger partial charge in [0.15, 0.2) is 0 Å². The Morgan fingerprint density at radius 2 is 2.04 bits per heavy atom. The monoisotopic (exact) mass is 346 g/mol. The van der Waals surface area contributed by atoms with Gasteiger partial charge in [0.1, 0.15) is 11.6 Å². The number of phenolic OH excluding ortho intramolecular Hbond substituents is 1.